The van der Waals surface area contributed by atoms with Gasteiger partial charge in [-0.1, -0.05) is 39.0 Å². The molecule has 0 spiro atoms. The Bertz CT molecular complexity index is 139. The molecule has 0 aromatic heterocycles. The zero-order chi connectivity index (χ0) is 10.1. The molecular weight excluding hydrogens is 170 g/mol. The molecule has 13 heavy (non-hydrogen) atoms. The minimum absolute atomic E-state index is 0.312. The number of unbranched alkanes of at least 4 members (excludes halogenated alkanes) is 4. The van der Waals surface area contributed by atoms with Gasteiger partial charge in [0.2, 0.25) is 6.54 Å². The van der Waals surface area contributed by atoms with Gasteiger partial charge >= 0.3 is 0 Å². The summed E-state index contributed by atoms with van der Waals surface area (Å²) in [6.45, 7) is 1.83. The Balaban J connectivity index is 3.17. The maximum atomic E-state index is 9.99. The number of hydrogen-bond donors (Lipinski definition) is 1. The van der Waals surface area contributed by atoms with E-state index in [4.69, 9.17) is 5.11 Å². The van der Waals surface area contributed by atoms with Crippen molar-refractivity contribution in [1.82, 2.24) is 0 Å². The predicted octanol–water partition coefficient (Wildman–Crippen LogP) is 1.98. The van der Waals surface area contributed by atoms with E-state index in [1.165, 1.54) is 19.3 Å². The Hall–Kier alpha value is -0.640. The number of aliphatic hydroxyl groups is 1. The molecule has 1 atom stereocenters. The van der Waals surface area contributed by atoms with Crippen LogP contribution < -0.4 is 0 Å². The fraction of sp³-hybridized carbons (Fsp3) is 1.00. The lowest BCUT2D eigenvalue weighted by atomic mass is 10.1. The van der Waals surface area contributed by atoms with Gasteiger partial charge in [0.25, 0.3) is 0 Å². The first-order valence-corrected chi connectivity index (χ1v) is 4.96. The van der Waals surface area contributed by atoms with E-state index < -0.39 is 11.0 Å². The molecule has 0 radical (unpaired) electrons. The third kappa shape index (κ3) is 9.27. The van der Waals surface area contributed by atoms with Crippen molar-refractivity contribution in [2.75, 3.05) is 6.54 Å². The van der Waals surface area contributed by atoms with E-state index in [2.05, 4.69) is 6.92 Å². The molecule has 0 aromatic carbocycles. The van der Waals surface area contributed by atoms with Crippen molar-refractivity contribution in [3.8, 4) is 0 Å². The quantitative estimate of drug-likeness (QED) is 0.361. The van der Waals surface area contributed by atoms with E-state index in [1.807, 2.05) is 0 Å². The maximum Gasteiger partial charge on any atom is 0.229 e. The molecule has 0 heterocycles. The third-order valence-electron chi connectivity index (χ3n) is 2.00. The molecule has 1 N–H and O–H groups in total. The highest BCUT2D eigenvalue weighted by atomic mass is 16.6. The molecule has 0 aliphatic heterocycles. The van der Waals surface area contributed by atoms with Crippen molar-refractivity contribution < 1.29 is 10.0 Å². The van der Waals surface area contributed by atoms with Crippen LogP contribution in [0.4, 0.5) is 0 Å². The van der Waals surface area contributed by atoms with Gasteiger partial charge in [0, 0.05) is 4.92 Å². The molecule has 78 valence electrons. The fourth-order valence-corrected chi connectivity index (χ4v) is 1.25. The van der Waals surface area contributed by atoms with Crippen molar-refractivity contribution in [1.29, 1.82) is 0 Å². The Kier molecular flexibility index (Phi) is 7.59. The van der Waals surface area contributed by atoms with Gasteiger partial charge in [0.15, 0.2) is 0 Å². The molecule has 0 aliphatic carbocycles. The van der Waals surface area contributed by atoms with Crippen LogP contribution in [0, 0.1) is 10.1 Å². The summed E-state index contributed by atoms with van der Waals surface area (Å²) in [6.07, 6.45) is 5.35. The summed E-state index contributed by atoms with van der Waals surface area (Å²) in [4.78, 5) is 9.53. The van der Waals surface area contributed by atoms with Gasteiger partial charge in [-0.15, -0.1) is 0 Å². The molecule has 0 aromatic rings. The third-order valence-corrected chi connectivity index (χ3v) is 2.00. The summed E-state index contributed by atoms with van der Waals surface area (Å²) in [7, 11) is 0. The average molecular weight is 189 g/mol. The van der Waals surface area contributed by atoms with Crippen LogP contribution in [0.25, 0.3) is 0 Å². The van der Waals surface area contributed by atoms with E-state index in [1.54, 1.807) is 0 Å². The highest BCUT2D eigenvalue weighted by Gasteiger charge is 2.09. The number of rotatable bonds is 8. The van der Waals surface area contributed by atoms with E-state index in [0.29, 0.717) is 6.42 Å². The molecule has 0 rings (SSSR count). The van der Waals surface area contributed by atoms with Crippen LogP contribution in [0.2, 0.25) is 0 Å². The highest BCUT2D eigenvalue weighted by Crippen LogP contribution is 2.07. The second kappa shape index (κ2) is 7.98. The van der Waals surface area contributed by atoms with Gasteiger partial charge in [-0.2, -0.15) is 0 Å². The van der Waals surface area contributed by atoms with Crippen molar-refractivity contribution in [2.24, 2.45) is 0 Å². The highest BCUT2D eigenvalue weighted by molar-refractivity contribution is 4.53. The Morgan fingerprint density at radius 1 is 1.31 bits per heavy atom. The van der Waals surface area contributed by atoms with Gasteiger partial charge in [-0.05, 0) is 6.42 Å². The summed E-state index contributed by atoms with van der Waals surface area (Å²) in [5, 5.41) is 19.1. The van der Waals surface area contributed by atoms with Crippen LogP contribution >= 0.6 is 0 Å². The molecule has 0 saturated heterocycles. The molecule has 0 saturated carbocycles. The zero-order valence-corrected chi connectivity index (χ0v) is 8.24. The topological polar surface area (TPSA) is 63.4 Å². The van der Waals surface area contributed by atoms with Crippen molar-refractivity contribution in [2.45, 2.75) is 51.6 Å². The first-order chi connectivity index (χ1) is 6.16. The molecular formula is C9H19NO3. The SMILES string of the molecule is CCCCCCC[C@@H](O)C[N+](=O)[O-]. The largest absolute Gasteiger partial charge is 0.386 e. The standard InChI is InChI=1S/C9H19NO3/c1-2-3-4-5-6-7-9(11)8-10(12)13/h9,11H,2-8H2,1H3/t9-/m1/s1. The van der Waals surface area contributed by atoms with E-state index in [-0.39, 0.29) is 6.54 Å². The second-order valence-electron chi connectivity index (χ2n) is 3.37. The van der Waals surface area contributed by atoms with Gasteiger partial charge in [-0.3, -0.25) is 10.1 Å². The van der Waals surface area contributed by atoms with Gasteiger partial charge in [0.05, 0.1) is 0 Å². The van der Waals surface area contributed by atoms with Crippen LogP contribution in [0.5, 0.6) is 0 Å². The Morgan fingerprint density at radius 3 is 2.46 bits per heavy atom. The predicted molar refractivity (Wildman–Crippen MR) is 51.2 cm³/mol. The first-order valence-electron chi connectivity index (χ1n) is 4.96. The van der Waals surface area contributed by atoms with Crippen molar-refractivity contribution >= 4 is 0 Å². The number of aliphatic hydroxyl groups excluding tert-OH is 1. The molecule has 4 heteroatoms. The van der Waals surface area contributed by atoms with E-state index >= 15 is 0 Å². The lowest BCUT2D eigenvalue weighted by Gasteiger charge is -2.04. The fourth-order valence-electron chi connectivity index (χ4n) is 1.25. The van der Waals surface area contributed by atoms with Gasteiger partial charge < -0.3 is 5.11 Å². The number of hydrogen-bond acceptors (Lipinski definition) is 3. The molecule has 0 aliphatic rings. The minimum atomic E-state index is -0.753. The van der Waals surface area contributed by atoms with Crippen LogP contribution in [0.15, 0.2) is 0 Å². The number of nitrogens with zero attached hydrogens (tertiary/aromatic N) is 1. The van der Waals surface area contributed by atoms with Crippen LogP contribution in [0.3, 0.4) is 0 Å². The van der Waals surface area contributed by atoms with Crippen molar-refractivity contribution in [3.05, 3.63) is 10.1 Å². The molecule has 0 amide bonds. The van der Waals surface area contributed by atoms with Crippen LogP contribution in [-0.2, 0) is 0 Å². The number of nitro groups is 1. The smallest absolute Gasteiger partial charge is 0.229 e. The molecule has 0 fully saturated rings. The summed E-state index contributed by atoms with van der Waals surface area (Å²) < 4.78 is 0. The Morgan fingerprint density at radius 2 is 1.92 bits per heavy atom. The average Bonchev–Trinajstić information content (AvgIpc) is 2.02. The molecule has 0 bridgehead atoms. The van der Waals surface area contributed by atoms with Crippen LogP contribution in [0.1, 0.15) is 45.4 Å². The van der Waals surface area contributed by atoms with E-state index in [0.717, 1.165) is 12.8 Å². The molecule has 0 unspecified atom stereocenters. The summed E-state index contributed by atoms with van der Waals surface area (Å²) in [5.41, 5.74) is 0. The minimum Gasteiger partial charge on any atom is -0.386 e. The lowest BCUT2D eigenvalue weighted by molar-refractivity contribution is -0.490. The zero-order valence-electron chi connectivity index (χ0n) is 8.24. The first kappa shape index (κ1) is 12.4. The van der Waals surface area contributed by atoms with Crippen LogP contribution in [-0.4, -0.2) is 22.7 Å². The van der Waals surface area contributed by atoms with Crippen molar-refractivity contribution in [3.63, 3.8) is 0 Å². The summed E-state index contributed by atoms with van der Waals surface area (Å²) >= 11 is 0. The Labute approximate surface area is 79.1 Å². The maximum absolute atomic E-state index is 9.99. The van der Waals surface area contributed by atoms with E-state index in [9.17, 15) is 10.1 Å². The second-order valence-corrected chi connectivity index (χ2v) is 3.37. The monoisotopic (exact) mass is 189 g/mol. The summed E-state index contributed by atoms with van der Waals surface area (Å²) in [6, 6.07) is 0. The van der Waals surface area contributed by atoms with Gasteiger partial charge in [-0.25, -0.2) is 0 Å². The normalized spacial score (nSPS) is 12.8. The van der Waals surface area contributed by atoms with Gasteiger partial charge in [0.1, 0.15) is 6.10 Å². The molecule has 4 nitrogen and oxygen atoms in total. The summed E-state index contributed by atoms with van der Waals surface area (Å²) in [5.74, 6) is 0. The lowest BCUT2D eigenvalue weighted by Crippen LogP contribution is -2.18.